The minimum atomic E-state index is 0.943. The molecule has 0 unspecified atom stereocenters. The lowest BCUT2D eigenvalue weighted by Crippen LogP contribution is -2.10. The van der Waals surface area contributed by atoms with Crippen molar-refractivity contribution in [2.45, 2.75) is 0 Å². The van der Waals surface area contributed by atoms with Gasteiger partial charge in [-0.2, -0.15) is 8.75 Å². The first kappa shape index (κ1) is 39.0. The Bertz CT molecular complexity index is 3360. The maximum atomic E-state index is 4.87. The summed E-state index contributed by atoms with van der Waals surface area (Å²) in [7, 11) is 0. The highest BCUT2D eigenvalue weighted by Gasteiger charge is 2.20. The molecule has 12 aromatic rings. The van der Waals surface area contributed by atoms with Crippen LogP contribution in [0.15, 0.2) is 231 Å². The Morgan fingerprint density at radius 1 is 0.292 bits per heavy atom. The van der Waals surface area contributed by atoms with E-state index in [1.54, 1.807) is 22.7 Å². The van der Waals surface area contributed by atoms with Crippen molar-refractivity contribution in [2.24, 2.45) is 0 Å². The quantitative estimate of drug-likeness (QED) is 0.137. The molecule has 3 aromatic heterocycles. The normalized spacial score (nSPS) is 11.4. The van der Waals surface area contributed by atoms with Crippen LogP contribution in [-0.2, 0) is 0 Å². The van der Waals surface area contributed by atoms with Gasteiger partial charge in [0, 0.05) is 64.2 Å². The molecule has 9 aromatic carbocycles. The van der Waals surface area contributed by atoms with Crippen LogP contribution in [0.3, 0.4) is 0 Å². The number of para-hydroxylation sites is 2. The molecule has 7 heteroatoms. The summed E-state index contributed by atoms with van der Waals surface area (Å²) in [5, 5.41) is 4.87. The standard InChI is InChI=1S/C58H38N4S3/c1-3-17-43(18-4-1)61(51-23-11-15-39-13-7-9-21-47(39)51)45-29-25-41(26-30-45)53-35-37-55(63-53)49-33-34-50(58-57(49)59-65-60-58)56-38-36-54(64-56)42-27-31-46(32-28-42)62(44-19-5-2-6-20-44)52-24-12-16-40-14-8-10-22-48(40)52/h1-38H. The number of hydrogen-bond acceptors (Lipinski definition) is 7. The maximum absolute atomic E-state index is 4.87. The third-order valence-corrected chi connectivity index (χ3v) is 14.9. The molecule has 0 saturated heterocycles. The summed E-state index contributed by atoms with van der Waals surface area (Å²) >= 11 is 4.86. The Balaban J connectivity index is 0.818. The molecular formula is C58H38N4S3. The fourth-order valence-corrected chi connectivity index (χ4v) is 11.6. The van der Waals surface area contributed by atoms with Crippen LogP contribution in [-0.4, -0.2) is 8.75 Å². The van der Waals surface area contributed by atoms with Crippen LogP contribution in [0.1, 0.15) is 0 Å². The predicted molar refractivity (Wildman–Crippen MR) is 279 cm³/mol. The molecule has 0 aliphatic rings. The summed E-state index contributed by atoms with van der Waals surface area (Å²) in [6.07, 6.45) is 0. The van der Waals surface area contributed by atoms with Gasteiger partial charge in [0.05, 0.1) is 23.1 Å². The van der Waals surface area contributed by atoms with E-state index in [-0.39, 0.29) is 0 Å². The highest BCUT2D eigenvalue weighted by molar-refractivity contribution is 7.19. The van der Waals surface area contributed by atoms with Crippen LogP contribution in [0.25, 0.3) is 74.3 Å². The van der Waals surface area contributed by atoms with Gasteiger partial charge in [0.25, 0.3) is 0 Å². The fourth-order valence-electron chi connectivity index (χ4n) is 8.90. The van der Waals surface area contributed by atoms with Gasteiger partial charge in [-0.1, -0.05) is 146 Å². The van der Waals surface area contributed by atoms with Gasteiger partial charge in [0.1, 0.15) is 11.0 Å². The summed E-state index contributed by atoms with van der Waals surface area (Å²) in [5.41, 5.74) is 13.2. The Kier molecular flexibility index (Phi) is 10.1. The van der Waals surface area contributed by atoms with E-state index >= 15 is 0 Å². The molecule has 4 nitrogen and oxygen atoms in total. The van der Waals surface area contributed by atoms with Crippen LogP contribution in [0, 0.1) is 0 Å². The largest absolute Gasteiger partial charge is 0.310 e. The molecule has 12 rings (SSSR count). The summed E-state index contributed by atoms with van der Waals surface area (Å²) in [5.74, 6) is 0. The first-order chi connectivity index (χ1) is 32.2. The van der Waals surface area contributed by atoms with Crippen LogP contribution in [0.5, 0.6) is 0 Å². The molecule has 0 spiro atoms. The lowest BCUT2D eigenvalue weighted by Gasteiger charge is -2.27. The van der Waals surface area contributed by atoms with Gasteiger partial charge in [-0.05, 0) is 107 Å². The molecule has 308 valence electrons. The van der Waals surface area contributed by atoms with Gasteiger partial charge in [-0.25, -0.2) is 0 Å². The van der Waals surface area contributed by atoms with Crippen molar-refractivity contribution in [3.63, 3.8) is 0 Å². The van der Waals surface area contributed by atoms with Crippen LogP contribution in [0.4, 0.5) is 34.1 Å². The molecule has 0 bridgehead atoms. The van der Waals surface area contributed by atoms with Crippen LogP contribution >= 0.6 is 34.4 Å². The lowest BCUT2D eigenvalue weighted by atomic mass is 10.1. The molecule has 0 N–H and O–H groups in total. The van der Waals surface area contributed by atoms with E-state index in [4.69, 9.17) is 8.75 Å². The van der Waals surface area contributed by atoms with Crippen LogP contribution < -0.4 is 9.80 Å². The second-order valence-electron chi connectivity index (χ2n) is 15.9. The molecule has 0 aliphatic heterocycles. The van der Waals surface area contributed by atoms with E-state index in [0.29, 0.717) is 0 Å². The molecule has 0 aliphatic carbocycles. The number of thiophene rings is 2. The summed E-state index contributed by atoms with van der Waals surface area (Å²) < 4.78 is 9.73. The highest BCUT2D eigenvalue weighted by atomic mass is 32.1. The van der Waals surface area contributed by atoms with Crippen molar-refractivity contribution in [3.8, 4) is 41.8 Å². The van der Waals surface area contributed by atoms with Crippen molar-refractivity contribution in [2.75, 3.05) is 9.80 Å². The number of benzene rings is 9. The molecule has 3 heterocycles. The first-order valence-electron chi connectivity index (χ1n) is 21.6. The SMILES string of the molecule is c1ccc(N(c2ccc(-c3ccc(-c4ccc(-c5ccc(-c6ccc(N(c7ccccc7)c7cccc8ccccc78)cc6)s5)c5nsnc45)s3)cc2)c2cccc3ccccc23)cc1. The molecule has 0 radical (unpaired) electrons. The smallest absolute Gasteiger partial charge is 0.114 e. The molecular weight excluding hydrogens is 849 g/mol. The minimum absolute atomic E-state index is 0.943. The molecule has 65 heavy (non-hydrogen) atoms. The van der Waals surface area contributed by atoms with Gasteiger partial charge in [0.15, 0.2) is 0 Å². The zero-order valence-corrected chi connectivity index (χ0v) is 37.4. The summed E-state index contributed by atoms with van der Waals surface area (Å²) in [6.45, 7) is 0. The first-order valence-corrected chi connectivity index (χ1v) is 23.9. The summed E-state index contributed by atoms with van der Waals surface area (Å²) in [4.78, 5) is 9.46. The number of anilines is 6. The van der Waals surface area contributed by atoms with E-state index in [1.807, 2.05) is 0 Å². The van der Waals surface area contributed by atoms with Gasteiger partial charge in [-0.15, -0.1) is 22.7 Å². The third kappa shape index (κ3) is 7.26. The van der Waals surface area contributed by atoms with Crippen molar-refractivity contribution in [3.05, 3.63) is 231 Å². The second kappa shape index (κ2) is 16.8. The van der Waals surface area contributed by atoms with E-state index in [1.165, 1.54) is 63.9 Å². The Labute approximate surface area is 389 Å². The Morgan fingerprint density at radius 2 is 0.662 bits per heavy atom. The second-order valence-corrected chi connectivity index (χ2v) is 18.6. The third-order valence-electron chi connectivity index (χ3n) is 12.0. The zero-order valence-electron chi connectivity index (χ0n) is 35.0. The van der Waals surface area contributed by atoms with Gasteiger partial charge < -0.3 is 9.80 Å². The average molecular weight is 887 g/mol. The van der Waals surface area contributed by atoms with Gasteiger partial charge in [0.2, 0.25) is 0 Å². The Hall–Kier alpha value is -7.68. The minimum Gasteiger partial charge on any atom is -0.310 e. The number of nitrogens with zero attached hydrogens (tertiary/aromatic N) is 4. The van der Waals surface area contributed by atoms with Crippen molar-refractivity contribution >= 4 is 101 Å². The van der Waals surface area contributed by atoms with Crippen LogP contribution in [0.2, 0.25) is 0 Å². The van der Waals surface area contributed by atoms with Crippen molar-refractivity contribution in [1.29, 1.82) is 0 Å². The van der Waals surface area contributed by atoms with E-state index in [2.05, 4.69) is 240 Å². The maximum Gasteiger partial charge on any atom is 0.114 e. The number of fused-ring (bicyclic) bond motifs is 3. The van der Waals surface area contributed by atoms with E-state index in [9.17, 15) is 0 Å². The number of rotatable bonds is 10. The molecule has 0 saturated carbocycles. The topological polar surface area (TPSA) is 32.3 Å². The zero-order chi connectivity index (χ0) is 43.1. The Morgan fingerprint density at radius 3 is 1.11 bits per heavy atom. The van der Waals surface area contributed by atoms with Gasteiger partial charge in [-0.3, -0.25) is 0 Å². The molecule has 0 atom stereocenters. The molecule has 0 amide bonds. The number of aromatic nitrogens is 2. The predicted octanol–water partition coefficient (Wildman–Crippen LogP) is 17.7. The fraction of sp³-hybridized carbons (Fsp3) is 0. The van der Waals surface area contributed by atoms with Crippen molar-refractivity contribution in [1.82, 2.24) is 8.75 Å². The van der Waals surface area contributed by atoms with E-state index < -0.39 is 0 Å². The van der Waals surface area contributed by atoms with Crippen molar-refractivity contribution < 1.29 is 0 Å². The number of hydrogen-bond donors (Lipinski definition) is 0. The monoisotopic (exact) mass is 886 g/mol. The average Bonchev–Trinajstić information content (AvgIpc) is 4.19. The van der Waals surface area contributed by atoms with E-state index in [0.717, 1.165) is 56.3 Å². The van der Waals surface area contributed by atoms with Gasteiger partial charge >= 0.3 is 0 Å². The summed E-state index contributed by atoms with van der Waals surface area (Å²) in [6, 6.07) is 82.7. The molecule has 0 fully saturated rings. The highest BCUT2D eigenvalue weighted by Crippen LogP contribution is 2.45. The lowest BCUT2D eigenvalue weighted by molar-refractivity contribution is 1.30.